The number of ketones is 1. The zero-order valence-electron chi connectivity index (χ0n) is 21.9. The van der Waals surface area contributed by atoms with E-state index in [1.807, 2.05) is 51.1 Å². The second-order valence-electron chi connectivity index (χ2n) is 9.92. The monoisotopic (exact) mass is 503 g/mol. The van der Waals surface area contributed by atoms with Crippen molar-refractivity contribution in [3.05, 3.63) is 82.2 Å². The topological polar surface area (TPSA) is 90.9 Å². The van der Waals surface area contributed by atoms with Gasteiger partial charge in [0.25, 0.3) is 0 Å². The van der Waals surface area contributed by atoms with Gasteiger partial charge in [-0.05, 0) is 48.4 Å². The minimum absolute atomic E-state index is 0.0164. The molecular formula is C30H33NO6. The Morgan fingerprint density at radius 1 is 1.03 bits per heavy atom. The number of carbonyl (C=O) groups excluding carboxylic acids is 3. The average Bonchev–Trinajstić information content (AvgIpc) is 2.86. The Hall–Kier alpha value is -3.87. The van der Waals surface area contributed by atoms with E-state index in [4.69, 9.17) is 14.2 Å². The number of methoxy groups -OCH3 is 1. The van der Waals surface area contributed by atoms with Crippen molar-refractivity contribution in [3.63, 3.8) is 0 Å². The molecule has 0 radical (unpaired) electrons. The summed E-state index contributed by atoms with van der Waals surface area (Å²) in [4.78, 5) is 38.7. The first kappa shape index (κ1) is 26.2. The standard InChI is InChI=1S/C30H33NO6/c1-17(2)16-36-30(34)27-18(3)31-23-13-22(20-9-7-6-8-10-20)14-24(33)29(23)28(27)21-11-12-25(37-19(4)32)26(15-21)35-5/h6-12,15,17,22,28,31H,13-14,16H2,1-5H3/t22-,28-/m1/s1. The molecular weight excluding hydrogens is 470 g/mol. The molecule has 1 aliphatic carbocycles. The average molecular weight is 504 g/mol. The van der Waals surface area contributed by atoms with Gasteiger partial charge < -0.3 is 19.5 Å². The Morgan fingerprint density at radius 2 is 1.76 bits per heavy atom. The molecule has 0 amide bonds. The predicted molar refractivity (Wildman–Crippen MR) is 139 cm³/mol. The van der Waals surface area contributed by atoms with Crippen LogP contribution in [0.4, 0.5) is 0 Å². The maximum atomic E-state index is 13.7. The van der Waals surface area contributed by atoms with E-state index in [-0.39, 0.29) is 30.0 Å². The molecule has 2 aromatic carbocycles. The van der Waals surface area contributed by atoms with Crippen LogP contribution in [-0.4, -0.2) is 31.4 Å². The SMILES string of the molecule is COc1cc([C@@H]2C(C(=O)OCC(C)C)=C(C)NC3=C2C(=O)C[C@H](c2ccccc2)C3)ccc1OC(C)=O. The molecule has 1 N–H and O–H groups in total. The van der Waals surface area contributed by atoms with Crippen molar-refractivity contribution < 1.29 is 28.6 Å². The first-order valence-corrected chi connectivity index (χ1v) is 12.5. The van der Waals surface area contributed by atoms with E-state index in [1.54, 1.807) is 18.2 Å². The van der Waals surface area contributed by atoms with Crippen LogP contribution in [0, 0.1) is 5.92 Å². The quantitative estimate of drug-likeness (QED) is 0.411. The van der Waals surface area contributed by atoms with Gasteiger partial charge in [0, 0.05) is 36.2 Å². The summed E-state index contributed by atoms with van der Waals surface area (Å²) in [6.45, 7) is 7.37. The van der Waals surface area contributed by atoms with Crippen molar-refractivity contribution in [1.82, 2.24) is 5.32 Å². The molecule has 4 rings (SSSR count). The van der Waals surface area contributed by atoms with Crippen molar-refractivity contribution in [1.29, 1.82) is 0 Å². The highest BCUT2D eigenvalue weighted by atomic mass is 16.6. The fraction of sp³-hybridized carbons (Fsp3) is 0.367. The van der Waals surface area contributed by atoms with Crippen molar-refractivity contribution in [2.24, 2.45) is 5.92 Å². The Morgan fingerprint density at radius 3 is 2.41 bits per heavy atom. The minimum atomic E-state index is -0.639. The van der Waals surface area contributed by atoms with Gasteiger partial charge in [0.1, 0.15) is 0 Å². The van der Waals surface area contributed by atoms with Gasteiger partial charge in [-0.2, -0.15) is 0 Å². The molecule has 0 saturated heterocycles. The molecule has 2 atom stereocenters. The van der Waals surface area contributed by atoms with Crippen LogP contribution in [0.3, 0.4) is 0 Å². The van der Waals surface area contributed by atoms with Crippen LogP contribution < -0.4 is 14.8 Å². The van der Waals surface area contributed by atoms with E-state index in [2.05, 4.69) is 5.32 Å². The van der Waals surface area contributed by atoms with Gasteiger partial charge in [-0.1, -0.05) is 50.2 Å². The molecule has 2 aromatic rings. The summed E-state index contributed by atoms with van der Waals surface area (Å²) in [5, 5.41) is 3.37. The molecule has 0 saturated carbocycles. The largest absolute Gasteiger partial charge is 0.493 e. The molecule has 37 heavy (non-hydrogen) atoms. The van der Waals surface area contributed by atoms with Crippen LogP contribution in [-0.2, 0) is 19.1 Å². The van der Waals surface area contributed by atoms with E-state index >= 15 is 0 Å². The number of benzene rings is 2. The summed E-state index contributed by atoms with van der Waals surface area (Å²) in [6, 6.07) is 15.1. The van der Waals surface area contributed by atoms with E-state index in [1.165, 1.54) is 14.0 Å². The number of esters is 2. The second-order valence-corrected chi connectivity index (χ2v) is 9.92. The lowest BCUT2D eigenvalue weighted by atomic mass is 9.71. The van der Waals surface area contributed by atoms with Crippen LogP contribution >= 0.6 is 0 Å². The lowest BCUT2D eigenvalue weighted by Gasteiger charge is -2.37. The summed E-state index contributed by atoms with van der Waals surface area (Å²) in [6.07, 6.45) is 0.993. The van der Waals surface area contributed by atoms with Gasteiger partial charge in [-0.25, -0.2) is 4.79 Å². The normalized spacial score (nSPS) is 19.4. The number of ether oxygens (including phenoxy) is 3. The number of hydrogen-bond acceptors (Lipinski definition) is 7. The summed E-state index contributed by atoms with van der Waals surface area (Å²) in [5.74, 6) is -0.767. The summed E-state index contributed by atoms with van der Waals surface area (Å²) in [5.41, 5.74) is 4.23. The third-order valence-corrected chi connectivity index (χ3v) is 6.64. The highest BCUT2D eigenvalue weighted by Gasteiger charge is 2.41. The third kappa shape index (κ3) is 5.61. The fourth-order valence-electron chi connectivity index (χ4n) is 5.03. The predicted octanol–water partition coefficient (Wildman–Crippen LogP) is 5.18. The molecule has 0 aromatic heterocycles. The molecule has 1 aliphatic heterocycles. The maximum Gasteiger partial charge on any atom is 0.336 e. The van der Waals surface area contributed by atoms with Crippen LogP contribution in [0.15, 0.2) is 71.1 Å². The number of carbonyl (C=O) groups is 3. The van der Waals surface area contributed by atoms with Gasteiger partial charge in [0.15, 0.2) is 17.3 Å². The summed E-state index contributed by atoms with van der Waals surface area (Å²) in [7, 11) is 1.48. The molecule has 194 valence electrons. The van der Waals surface area contributed by atoms with Crippen LogP contribution in [0.1, 0.15) is 63.5 Å². The van der Waals surface area contributed by atoms with Crippen LogP contribution in [0.5, 0.6) is 11.5 Å². The Labute approximate surface area is 217 Å². The lowest BCUT2D eigenvalue weighted by Crippen LogP contribution is -2.36. The number of nitrogens with one attached hydrogen (secondary N) is 1. The van der Waals surface area contributed by atoms with Crippen molar-refractivity contribution in [3.8, 4) is 11.5 Å². The number of dihydropyridines is 1. The fourth-order valence-corrected chi connectivity index (χ4v) is 5.03. The molecule has 1 heterocycles. The van der Waals surface area contributed by atoms with Gasteiger partial charge >= 0.3 is 11.9 Å². The van der Waals surface area contributed by atoms with Gasteiger partial charge in [-0.3, -0.25) is 9.59 Å². The third-order valence-electron chi connectivity index (χ3n) is 6.64. The Bertz CT molecular complexity index is 1270. The molecule has 0 fully saturated rings. The Balaban J connectivity index is 1.81. The maximum absolute atomic E-state index is 13.7. The van der Waals surface area contributed by atoms with Gasteiger partial charge in [-0.15, -0.1) is 0 Å². The molecule has 0 unspecified atom stereocenters. The molecule has 7 nitrogen and oxygen atoms in total. The minimum Gasteiger partial charge on any atom is -0.493 e. The van der Waals surface area contributed by atoms with E-state index < -0.39 is 17.9 Å². The van der Waals surface area contributed by atoms with Crippen LogP contribution in [0.2, 0.25) is 0 Å². The van der Waals surface area contributed by atoms with E-state index in [9.17, 15) is 14.4 Å². The number of Topliss-reactive ketones (excluding diaryl/α,β-unsaturated/α-hetero) is 1. The molecule has 2 aliphatic rings. The van der Waals surface area contributed by atoms with Crippen molar-refractivity contribution >= 4 is 17.7 Å². The highest BCUT2D eigenvalue weighted by Crippen LogP contribution is 2.47. The zero-order chi connectivity index (χ0) is 26.7. The summed E-state index contributed by atoms with van der Waals surface area (Å²) < 4.78 is 16.4. The Kier molecular flexibility index (Phi) is 7.81. The number of allylic oxidation sites excluding steroid dienone is 3. The molecule has 0 bridgehead atoms. The molecule has 0 spiro atoms. The van der Waals surface area contributed by atoms with Crippen LogP contribution in [0.25, 0.3) is 0 Å². The van der Waals surface area contributed by atoms with Crippen molar-refractivity contribution in [2.75, 3.05) is 13.7 Å². The first-order valence-electron chi connectivity index (χ1n) is 12.5. The van der Waals surface area contributed by atoms with Crippen molar-refractivity contribution in [2.45, 2.75) is 52.4 Å². The summed E-state index contributed by atoms with van der Waals surface area (Å²) >= 11 is 0. The van der Waals surface area contributed by atoms with E-state index in [0.717, 1.165) is 11.3 Å². The first-order chi connectivity index (χ1) is 17.7. The second kappa shape index (κ2) is 11.0. The lowest BCUT2D eigenvalue weighted by molar-refractivity contribution is -0.140. The number of rotatable bonds is 7. The zero-order valence-corrected chi connectivity index (χ0v) is 21.9. The smallest absolute Gasteiger partial charge is 0.336 e. The molecule has 7 heteroatoms. The van der Waals surface area contributed by atoms with Gasteiger partial charge in [0.05, 0.1) is 19.3 Å². The number of hydrogen-bond donors (Lipinski definition) is 1. The van der Waals surface area contributed by atoms with Gasteiger partial charge in [0.2, 0.25) is 0 Å². The van der Waals surface area contributed by atoms with E-state index in [0.29, 0.717) is 41.0 Å². The highest BCUT2D eigenvalue weighted by molar-refractivity contribution is 6.04.